The summed E-state index contributed by atoms with van der Waals surface area (Å²) in [5.41, 5.74) is 5.10. The van der Waals surface area contributed by atoms with Crippen LogP contribution in [0.2, 0.25) is 0 Å². The van der Waals surface area contributed by atoms with Gasteiger partial charge < -0.3 is 0 Å². The first-order valence-electron chi connectivity index (χ1n) is 10.4. The molecule has 0 spiro atoms. The molecule has 0 bridgehead atoms. The predicted octanol–water partition coefficient (Wildman–Crippen LogP) is 4.01. The molecule has 1 N–H and O–H groups in total. The molecule has 5 aromatic rings. The molecule has 2 aromatic carbocycles. The Hall–Kier alpha value is -3.72. The number of benzene rings is 2. The van der Waals surface area contributed by atoms with Crippen LogP contribution >= 0.6 is 11.5 Å². The summed E-state index contributed by atoms with van der Waals surface area (Å²) in [4.78, 5) is 18.9. The highest BCUT2D eigenvalue weighted by atomic mass is 32.1. The Morgan fingerprint density at radius 1 is 1.03 bits per heavy atom. The molecule has 0 aliphatic rings. The van der Waals surface area contributed by atoms with E-state index in [0.717, 1.165) is 51.3 Å². The number of hydrogen-bond donors (Lipinski definition) is 1. The third-order valence-corrected chi connectivity index (χ3v) is 6.17. The Morgan fingerprint density at radius 3 is 2.53 bits per heavy atom. The maximum absolute atomic E-state index is 13.2. The minimum Gasteiger partial charge on any atom is -0.290 e. The maximum Gasteiger partial charge on any atom is 0.281 e. The van der Waals surface area contributed by atoms with Gasteiger partial charge in [0.25, 0.3) is 5.56 Å². The lowest BCUT2D eigenvalue weighted by molar-refractivity contribution is 0.664. The standard InChI is InChI=1S/C23H21N7OS/c1-3-6-19-24-20-14(2)32-27-21(20)23(31)30(19)13-15-9-11-16(12-10-15)17-7-4-5-8-18(17)22-25-28-29-26-22/h4-5,7-12H,3,6,13H2,1-2H3,(H,25,26,28,29). The van der Waals surface area contributed by atoms with Gasteiger partial charge in [-0.25, -0.2) is 4.98 Å². The van der Waals surface area contributed by atoms with Crippen molar-refractivity contribution in [1.29, 1.82) is 0 Å². The number of fused-ring (bicyclic) bond motifs is 1. The molecule has 32 heavy (non-hydrogen) atoms. The fourth-order valence-electron chi connectivity index (χ4n) is 3.83. The number of aromatic amines is 1. The smallest absolute Gasteiger partial charge is 0.281 e. The fourth-order valence-corrected chi connectivity index (χ4v) is 4.45. The van der Waals surface area contributed by atoms with Gasteiger partial charge >= 0.3 is 0 Å². The van der Waals surface area contributed by atoms with Crippen LogP contribution in [0, 0.1) is 6.92 Å². The van der Waals surface area contributed by atoms with Crippen molar-refractivity contribution in [1.82, 2.24) is 34.5 Å². The van der Waals surface area contributed by atoms with E-state index in [1.165, 1.54) is 11.5 Å². The van der Waals surface area contributed by atoms with Crippen LogP contribution in [0.4, 0.5) is 0 Å². The first-order chi connectivity index (χ1) is 15.7. The lowest BCUT2D eigenvalue weighted by atomic mass is 9.98. The maximum atomic E-state index is 13.2. The van der Waals surface area contributed by atoms with Crippen LogP contribution < -0.4 is 5.56 Å². The van der Waals surface area contributed by atoms with E-state index in [1.807, 2.05) is 43.3 Å². The molecule has 0 saturated carbocycles. The second-order valence-corrected chi connectivity index (χ2v) is 8.56. The Labute approximate surface area is 188 Å². The van der Waals surface area contributed by atoms with Crippen molar-refractivity contribution in [2.45, 2.75) is 33.2 Å². The molecule has 160 valence electrons. The normalized spacial score (nSPS) is 11.3. The zero-order valence-corrected chi connectivity index (χ0v) is 18.6. The number of hydrogen-bond acceptors (Lipinski definition) is 7. The van der Waals surface area contributed by atoms with Crippen molar-refractivity contribution in [3.63, 3.8) is 0 Å². The first kappa shape index (κ1) is 20.2. The molecule has 3 heterocycles. The second-order valence-electron chi connectivity index (χ2n) is 7.58. The van der Waals surface area contributed by atoms with Crippen molar-refractivity contribution in [3.8, 4) is 22.5 Å². The number of H-pyrrole nitrogens is 1. The summed E-state index contributed by atoms with van der Waals surface area (Å²) in [6.45, 7) is 4.51. The Balaban J connectivity index is 1.50. The molecule has 0 aliphatic carbocycles. The van der Waals surface area contributed by atoms with Crippen LogP contribution in [0.5, 0.6) is 0 Å². The fraction of sp³-hybridized carbons (Fsp3) is 0.217. The minimum atomic E-state index is -0.0747. The van der Waals surface area contributed by atoms with Crippen LogP contribution in [0.1, 0.15) is 29.6 Å². The summed E-state index contributed by atoms with van der Waals surface area (Å²) in [6, 6.07) is 16.1. The van der Waals surface area contributed by atoms with Gasteiger partial charge in [-0.1, -0.05) is 55.5 Å². The van der Waals surface area contributed by atoms with E-state index in [1.54, 1.807) is 4.57 Å². The number of nitrogens with zero attached hydrogens (tertiary/aromatic N) is 6. The summed E-state index contributed by atoms with van der Waals surface area (Å²) in [6.07, 6.45) is 1.66. The van der Waals surface area contributed by atoms with Crippen LogP contribution in [0.3, 0.4) is 0 Å². The molecule has 8 nitrogen and oxygen atoms in total. The van der Waals surface area contributed by atoms with Crippen LogP contribution in [-0.2, 0) is 13.0 Å². The van der Waals surface area contributed by atoms with Crippen LogP contribution in [-0.4, -0.2) is 34.5 Å². The van der Waals surface area contributed by atoms with E-state index in [0.29, 0.717) is 17.9 Å². The van der Waals surface area contributed by atoms with E-state index in [2.05, 4.69) is 44.1 Å². The third-order valence-electron chi connectivity index (χ3n) is 5.42. The van der Waals surface area contributed by atoms with Gasteiger partial charge in [0, 0.05) is 16.9 Å². The molecule has 3 aromatic heterocycles. The minimum absolute atomic E-state index is 0.0747. The zero-order valence-electron chi connectivity index (χ0n) is 17.7. The van der Waals surface area contributed by atoms with Gasteiger partial charge in [0.05, 0.1) is 6.54 Å². The van der Waals surface area contributed by atoms with Crippen molar-refractivity contribution in [2.75, 3.05) is 0 Å². The SMILES string of the molecule is CCCc1nc2c(C)snc2c(=O)n1Cc1ccc(-c2ccccc2-c2nn[nH]n2)cc1. The summed E-state index contributed by atoms with van der Waals surface area (Å²) < 4.78 is 6.09. The lowest BCUT2D eigenvalue weighted by Crippen LogP contribution is -2.26. The number of nitrogens with one attached hydrogen (secondary N) is 1. The third kappa shape index (κ3) is 3.60. The number of tetrazole rings is 1. The van der Waals surface area contributed by atoms with E-state index < -0.39 is 0 Å². The summed E-state index contributed by atoms with van der Waals surface area (Å²) >= 11 is 1.33. The van der Waals surface area contributed by atoms with Gasteiger partial charge in [-0.3, -0.25) is 9.36 Å². The van der Waals surface area contributed by atoms with Crippen LogP contribution in [0.15, 0.2) is 53.3 Å². The van der Waals surface area contributed by atoms with Crippen molar-refractivity contribution >= 4 is 22.6 Å². The summed E-state index contributed by atoms with van der Waals surface area (Å²) in [5, 5.41) is 14.4. The largest absolute Gasteiger partial charge is 0.290 e. The van der Waals surface area contributed by atoms with Crippen LogP contribution in [0.25, 0.3) is 33.5 Å². The predicted molar refractivity (Wildman–Crippen MR) is 125 cm³/mol. The van der Waals surface area contributed by atoms with Gasteiger partial charge in [0.15, 0.2) is 5.52 Å². The molecule has 9 heteroatoms. The Kier molecular flexibility index (Phi) is 5.32. The van der Waals surface area contributed by atoms with Crippen molar-refractivity contribution in [2.24, 2.45) is 0 Å². The van der Waals surface area contributed by atoms with Gasteiger partial charge in [-0.05, 0) is 46.8 Å². The van der Waals surface area contributed by atoms with E-state index in [9.17, 15) is 4.79 Å². The van der Waals surface area contributed by atoms with Crippen molar-refractivity contribution in [3.05, 3.63) is 75.1 Å². The average molecular weight is 444 g/mol. The van der Waals surface area contributed by atoms with E-state index in [4.69, 9.17) is 4.98 Å². The monoisotopic (exact) mass is 443 g/mol. The molecule has 0 amide bonds. The molecule has 5 rings (SSSR count). The van der Waals surface area contributed by atoms with E-state index >= 15 is 0 Å². The second kappa shape index (κ2) is 8.43. The lowest BCUT2D eigenvalue weighted by Gasteiger charge is -2.13. The molecule has 0 unspecified atom stereocenters. The van der Waals surface area contributed by atoms with Crippen molar-refractivity contribution < 1.29 is 0 Å². The first-order valence-corrected chi connectivity index (χ1v) is 11.2. The van der Waals surface area contributed by atoms with Gasteiger partial charge in [-0.15, -0.1) is 10.2 Å². The summed E-state index contributed by atoms with van der Waals surface area (Å²) in [7, 11) is 0. The topological polar surface area (TPSA) is 102 Å². The average Bonchev–Trinajstić information content (AvgIpc) is 3.48. The number of aromatic nitrogens is 7. The Morgan fingerprint density at radius 2 is 1.81 bits per heavy atom. The van der Waals surface area contributed by atoms with E-state index in [-0.39, 0.29) is 5.56 Å². The molecule has 0 aliphatic heterocycles. The number of aryl methyl sites for hydroxylation is 2. The van der Waals surface area contributed by atoms with Gasteiger partial charge in [0.2, 0.25) is 5.82 Å². The molecule has 0 fully saturated rings. The van der Waals surface area contributed by atoms with Gasteiger partial charge in [0.1, 0.15) is 11.3 Å². The molecule has 0 atom stereocenters. The summed E-state index contributed by atoms with van der Waals surface area (Å²) in [5.74, 6) is 1.36. The highest BCUT2D eigenvalue weighted by Crippen LogP contribution is 2.29. The van der Waals surface area contributed by atoms with Gasteiger partial charge in [-0.2, -0.15) is 9.59 Å². The quantitative estimate of drug-likeness (QED) is 0.425. The Bertz CT molecular complexity index is 1440. The molecule has 0 radical (unpaired) electrons. The highest BCUT2D eigenvalue weighted by molar-refractivity contribution is 7.07. The zero-order chi connectivity index (χ0) is 22.1. The highest BCUT2D eigenvalue weighted by Gasteiger charge is 2.16. The molecule has 0 saturated heterocycles. The molecular formula is C23H21N7OS. The molecular weight excluding hydrogens is 422 g/mol. The number of rotatable bonds is 6.